The summed E-state index contributed by atoms with van der Waals surface area (Å²) in [5.41, 5.74) is 5.96. The lowest BCUT2D eigenvalue weighted by Gasteiger charge is -2.34. The number of nitrogens with one attached hydrogen (secondary N) is 1. The Morgan fingerprint density at radius 1 is 1.38 bits per heavy atom. The predicted molar refractivity (Wildman–Crippen MR) is 96.0 cm³/mol. The third kappa shape index (κ3) is 3.10. The van der Waals surface area contributed by atoms with Gasteiger partial charge in [-0.3, -0.25) is 9.89 Å². The van der Waals surface area contributed by atoms with Crippen LogP contribution in [0.5, 0.6) is 0 Å². The highest BCUT2D eigenvalue weighted by Crippen LogP contribution is 2.34. The van der Waals surface area contributed by atoms with Crippen molar-refractivity contribution in [3.05, 3.63) is 52.3 Å². The summed E-state index contributed by atoms with van der Waals surface area (Å²) < 4.78 is 0. The topological polar surface area (TPSA) is 49.0 Å². The van der Waals surface area contributed by atoms with Crippen LogP contribution in [-0.2, 0) is 11.2 Å². The molecule has 4 nitrogen and oxygen atoms in total. The van der Waals surface area contributed by atoms with Crippen molar-refractivity contribution >= 4 is 5.91 Å². The van der Waals surface area contributed by atoms with Crippen LogP contribution in [0, 0.1) is 13.8 Å². The molecule has 0 saturated heterocycles. The number of H-pyrrole nitrogens is 1. The Labute approximate surface area is 144 Å². The molecule has 0 spiro atoms. The van der Waals surface area contributed by atoms with E-state index in [1.54, 1.807) is 0 Å². The number of rotatable bonds is 4. The van der Waals surface area contributed by atoms with Crippen molar-refractivity contribution in [3.8, 4) is 0 Å². The maximum absolute atomic E-state index is 12.9. The number of aromatic nitrogens is 2. The molecule has 2 aromatic rings. The first-order valence-corrected chi connectivity index (χ1v) is 8.84. The van der Waals surface area contributed by atoms with Gasteiger partial charge in [0.25, 0.3) is 0 Å². The Hall–Kier alpha value is -2.10. The van der Waals surface area contributed by atoms with Crippen LogP contribution in [0.25, 0.3) is 0 Å². The zero-order valence-electron chi connectivity index (χ0n) is 15.1. The minimum absolute atomic E-state index is 0.178. The van der Waals surface area contributed by atoms with Crippen molar-refractivity contribution < 1.29 is 4.79 Å². The highest BCUT2D eigenvalue weighted by Gasteiger charge is 2.28. The first-order chi connectivity index (χ1) is 11.5. The number of nitrogens with zero attached hydrogens (tertiary/aromatic N) is 2. The largest absolute Gasteiger partial charge is 0.339 e. The summed E-state index contributed by atoms with van der Waals surface area (Å²) in [7, 11) is 1.96. The third-order valence-corrected chi connectivity index (χ3v) is 5.36. The summed E-state index contributed by atoms with van der Waals surface area (Å²) in [5, 5.41) is 7.28. The second-order valence-corrected chi connectivity index (χ2v) is 7.06. The van der Waals surface area contributed by atoms with Crippen LogP contribution in [0.2, 0.25) is 0 Å². The molecule has 128 valence electrons. The molecule has 3 rings (SSSR count). The molecule has 0 saturated carbocycles. The second-order valence-electron chi connectivity index (χ2n) is 7.06. The van der Waals surface area contributed by atoms with Gasteiger partial charge in [-0.05, 0) is 55.7 Å². The van der Waals surface area contributed by atoms with Crippen molar-refractivity contribution in [2.45, 2.75) is 58.4 Å². The minimum Gasteiger partial charge on any atom is -0.339 e. The maximum atomic E-state index is 12.9. The Balaban J connectivity index is 1.74. The molecule has 1 aromatic carbocycles. The van der Waals surface area contributed by atoms with E-state index in [2.05, 4.69) is 41.4 Å². The maximum Gasteiger partial charge on any atom is 0.223 e. The van der Waals surface area contributed by atoms with Gasteiger partial charge >= 0.3 is 0 Å². The lowest BCUT2D eigenvalue weighted by molar-refractivity contribution is -0.132. The first-order valence-electron chi connectivity index (χ1n) is 8.84. The number of carbonyl (C=O) groups excluding carboxylic acids is 1. The summed E-state index contributed by atoms with van der Waals surface area (Å²) in [6, 6.07) is 8.75. The van der Waals surface area contributed by atoms with E-state index in [9.17, 15) is 4.79 Å². The van der Waals surface area contributed by atoms with Gasteiger partial charge in [0.05, 0.1) is 11.7 Å². The van der Waals surface area contributed by atoms with E-state index in [0.717, 1.165) is 30.7 Å². The number of carbonyl (C=O) groups is 1. The van der Waals surface area contributed by atoms with Crippen molar-refractivity contribution in [1.82, 2.24) is 15.1 Å². The van der Waals surface area contributed by atoms with Crippen LogP contribution in [0.15, 0.2) is 24.3 Å². The molecule has 1 N–H and O–H groups in total. The average Bonchev–Trinajstić information content (AvgIpc) is 2.92. The third-order valence-electron chi connectivity index (χ3n) is 5.36. The van der Waals surface area contributed by atoms with Crippen molar-refractivity contribution in [2.75, 3.05) is 7.05 Å². The summed E-state index contributed by atoms with van der Waals surface area (Å²) in [4.78, 5) is 14.8. The summed E-state index contributed by atoms with van der Waals surface area (Å²) in [6.45, 7) is 6.14. The van der Waals surface area contributed by atoms with Gasteiger partial charge in [-0.1, -0.05) is 31.2 Å². The van der Waals surface area contributed by atoms with Gasteiger partial charge < -0.3 is 4.90 Å². The number of hydrogen-bond donors (Lipinski definition) is 1. The Morgan fingerprint density at radius 3 is 2.83 bits per heavy atom. The molecule has 0 radical (unpaired) electrons. The number of amides is 1. The van der Waals surface area contributed by atoms with Crippen LogP contribution in [0.3, 0.4) is 0 Å². The van der Waals surface area contributed by atoms with Gasteiger partial charge in [0.2, 0.25) is 5.91 Å². The quantitative estimate of drug-likeness (QED) is 0.921. The van der Waals surface area contributed by atoms with Crippen molar-refractivity contribution in [1.29, 1.82) is 0 Å². The van der Waals surface area contributed by atoms with Crippen LogP contribution in [0.1, 0.15) is 66.2 Å². The van der Waals surface area contributed by atoms with E-state index in [-0.39, 0.29) is 17.9 Å². The SMILES string of the molecule is Cc1n[nH]c(C)c1C(C)CC(=O)N(C)C1CCCc2ccccc21. The van der Waals surface area contributed by atoms with Gasteiger partial charge in [-0.15, -0.1) is 0 Å². The zero-order chi connectivity index (χ0) is 17.3. The van der Waals surface area contributed by atoms with E-state index >= 15 is 0 Å². The molecule has 1 aromatic heterocycles. The molecule has 1 aliphatic rings. The Morgan fingerprint density at radius 2 is 2.12 bits per heavy atom. The van der Waals surface area contributed by atoms with Gasteiger partial charge in [0.15, 0.2) is 0 Å². The first kappa shape index (κ1) is 16.7. The summed E-state index contributed by atoms with van der Waals surface area (Å²) in [6.07, 6.45) is 3.85. The molecule has 1 amide bonds. The number of aryl methyl sites for hydroxylation is 3. The number of fused-ring (bicyclic) bond motifs is 1. The van der Waals surface area contributed by atoms with Gasteiger partial charge in [-0.2, -0.15) is 5.10 Å². The second kappa shape index (κ2) is 6.80. The number of aromatic amines is 1. The molecular formula is C20H27N3O. The van der Waals surface area contributed by atoms with E-state index in [1.165, 1.54) is 16.7 Å². The zero-order valence-corrected chi connectivity index (χ0v) is 15.1. The highest BCUT2D eigenvalue weighted by molar-refractivity contribution is 5.77. The average molecular weight is 325 g/mol. The van der Waals surface area contributed by atoms with Gasteiger partial charge in [-0.25, -0.2) is 0 Å². The van der Waals surface area contributed by atoms with Crippen molar-refractivity contribution in [3.63, 3.8) is 0 Å². The smallest absolute Gasteiger partial charge is 0.223 e. The predicted octanol–water partition coefficient (Wildman–Crippen LogP) is 4.06. The van der Waals surface area contributed by atoms with Crippen LogP contribution in [-0.4, -0.2) is 28.1 Å². The standard InChI is InChI=1S/C20H27N3O/c1-13(20-14(2)21-22-15(20)3)12-19(24)23(4)18-11-7-9-16-8-5-6-10-17(16)18/h5-6,8,10,13,18H,7,9,11-12H2,1-4H3,(H,21,22). The van der Waals surface area contributed by atoms with Crippen LogP contribution >= 0.6 is 0 Å². The normalized spacial score (nSPS) is 18.1. The fourth-order valence-corrected chi connectivity index (χ4v) is 4.10. The number of hydrogen-bond acceptors (Lipinski definition) is 2. The number of benzene rings is 1. The molecule has 2 unspecified atom stereocenters. The van der Waals surface area contributed by atoms with E-state index in [0.29, 0.717) is 6.42 Å². The molecule has 1 aliphatic carbocycles. The van der Waals surface area contributed by atoms with Crippen LogP contribution < -0.4 is 0 Å². The molecule has 1 heterocycles. The van der Waals surface area contributed by atoms with E-state index < -0.39 is 0 Å². The molecule has 0 bridgehead atoms. The molecule has 2 atom stereocenters. The fraction of sp³-hybridized carbons (Fsp3) is 0.500. The molecular weight excluding hydrogens is 298 g/mol. The Bertz CT molecular complexity index is 715. The summed E-state index contributed by atoms with van der Waals surface area (Å²) >= 11 is 0. The summed E-state index contributed by atoms with van der Waals surface area (Å²) in [5.74, 6) is 0.390. The van der Waals surface area contributed by atoms with E-state index in [4.69, 9.17) is 0 Å². The van der Waals surface area contributed by atoms with Gasteiger partial charge in [0.1, 0.15) is 0 Å². The lowest BCUT2D eigenvalue weighted by atomic mass is 9.86. The fourth-order valence-electron chi connectivity index (χ4n) is 4.10. The van der Waals surface area contributed by atoms with Gasteiger partial charge in [0, 0.05) is 19.2 Å². The molecule has 4 heteroatoms. The monoisotopic (exact) mass is 325 g/mol. The minimum atomic E-state index is 0.178. The highest BCUT2D eigenvalue weighted by atomic mass is 16.2. The van der Waals surface area contributed by atoms with E-state index in [1.807, 2.05) is 25.8 Å². The van der Waals surface area contributed by atoms with Crippen LogP contribution in [0.4, 0.5) is 0 Å². The molecule has 0 aliphatic heterocycles. The Kier molecular flexibility index (Phi) is 4.74. The lowest BCUT2D eigenvalue weighted by Crippen LogP contribution is -2.34. The van der Waals surface area contributed by atoms with Crippen molar-refractivity contribution in [2.24, 2.45) is 0 Å². The molecule has 24 heavy (non-hydrogen) atoms. The molecule has 0 fully saturated rings.